The molecule has 0 saturated heterocycles. The van der Waals surface area contributed by atoms with Gasteiger partial charge in [-0.25, -0.2) is 13.1 Å². The number of nitrogens with one attached hydrogen (secondary N) is 1. The van der Waals surface area contributed by atoms with Gasteiger partial charge in [-0.05, 0) is 24.6 Å². The van der Waals surface area contributed by atoms with Gasteiger partial charge >= 0.3 is 5.97 Å². The van der Waals surface area contributed by atoms with Crippen molar-refractivity contribution >= 4 is 15.8 Å². The molecule has 0 unspecified atom stereocenters. The Kier molecular flexibility index (Phi) is 3.73. The van der Waals surface area contributed by atoms with E-state index in [1.54, 1.807) is 19.1 Å². The van der Waals surface area contributed by atoms with Crippen molar-refractivity contribution in [2.75, 3.05) is 6.26 Å². The van der Waals surface area contributed by atoms with E-state index in [1.807, 2.05) is 0 Å². The first kappa shape index (κ1) is 15.0. The van der Waals surface area contributed by atoms with E-state index in [4.69, 9.17) is 5.11 Å². The monoisotopic (exact) mass is 310 g/mol. The molecule has 0 bridgehead atoms. The lowest BCUT2D eigenvalue weighted by Gasteiger charge is -2.02. The van der Waals surface area contributed by atoms with Crippen LogP contribution in [0.5, 0.6) is 0 Å². The second-order valence-corrected chi connectivity index (χ2v) is 6.71. The number of aromatic amines is 1. The molecule has 0 radical (unpaired) electrons. The van der Waals surface area contributed by atoms with Gasteiger partial charge in [0.05, 0.1) is 10.6 Å². The summed E-state index contributed by atoms with van der Waals surface area (Å²) in [7, 11) is -3.29. The van der Waals surface area contributed by atoms with Crippen LogP contribution in [-0.2, 0) is 21.2 Å². The van der Waals surface area contributed by atoms with Crippen molar-refractivity contribution in [1.82, 2.24) is 9.78 Å². The molecule has 21 heavy (non-hydrogen) atoms. The van der Waals surface area contributed by atoms with Crippen LogP contribution < -0.4 is 5.56 Å². The average molecular weight is 310 g/mol. The van der Waals surface area contributed by atoms with E-state index < -0.39 is 27.9 Å². The van der Waals surface area contributed by atoms with Crippen LogP contribution in [0.1, 0.15) is 5.56 Å². The summed E-state index contributed by atoms with van der Waals surface area (Å²) in [5.74, 6) is -1.13. The highest BCUT2D eigenvalue weighted by atomic mass is 32.2. The smallest absolute Gasteiger partial charge is 0.325 e. The van der Waals surface area contributed by atoms with E-state index in [2.05, 4.69) is 5.10 Å². The van der Waals surface area contributed by atoms with Crippen molar-refractivity contribution < 1.29 is 18.3 Å². The number of hydrogen-bond donors (Lipinski definition) is 2. The highest BCUT2D eigenvalue weighted by Crippen LogP contribution is 2.21. The van der Waals surface area contributed by atoms with E-state index in [1.165, 1.54) is 12.1 Å². The lowest BCUT2D eigenvalue weighted by atomic mass is 10.1. The molecular weight excluding hydrogens is 296 g/mol. The van der Waals surface area contributed by atoms with Gasteiger partial charge in [0, 0.05) is 11.8 Å². The second kappa shape index (κ2) is 5.21. The highest BCUT2D eigenvalue weighted by Gasteiger charge is 2.14. The third-order valence-electron chi connectivity index (χ3n) is 3.05. The first-order chi connectivity index (χ1) is 9.70. The number of carboxylic acids is 1. The number of nitrogens with zero attached hydrogens (tertiary/aromatic N) is 1. The molecular formula is C13H14N2O5S. The zero-order chi connectivity index (χ0) is 15.8. The van der Waals surface area contributed by atoms with Crippen LogP contribution in [0.4, 0.5) is 0 Å². The van der Waals surface area contributed by atoms with E-state index >= 15 is 0 Å². The van der Waals surface area contributed by atoms with Crippen LogP contribution >= 0.6 is 0 Å². The molecule has 2 aromatic rings. The number of H-pyrrole nitrogens is 1. The number of hydrogen-bond acceptors (Lipinski definition) is 4. The van der Waals surface area contributed by atoms with Crippen molar-refractivity contribution in [3.05, 3.63) is 40.2 Å². The summed E-state index contributed by atoms with van der Waals surface area (Å²) in [4.78, 5) is 22.8. The molecule has 112 valence electrons. The third kappa shape index (κ3) is 3.05. The minimum Gasteiger partial charge on any atom is -0.480 e. The summed E-state index contributed by atoms with van der Waals surface area (Å²) in [6.45, 7) is 1.12. The quantitative estimate of drug-likeness (QED) is 0.861. The Morgan fingerprint density at radius 3 is 2.33 bits per heavy atom. The molecule has 1 heterocycles. The lowest BCUT2D eigenvalue weighted by molar-refractivity contribution is -0.137. The molecule has 0 aliphatic heterocycles. The fourth-order valence-electron chi connectivity index (χ4n) is 1.98. The molecule has 0 spiro atoms. The predicted octanol–water partition coefficient (Wildman–Crippen LogP) is 0.640. The SMILES string of the molecule is Cc1c(-c2ccc(S(C)(=O)=O)cc2)[nH]n(CC(=O)O)c1=O. The Morgan fingerprint density at radius 2 is 1.86 bits per heavy atom. The summed E-state index contributed by atoms with van der Waals surface area (Å²) >= 11 is 0. The fourth-order valence-corrected chi connectivity index (χ4v) is 2.61. The molecule has 0 amide bonds. The minimum absolute atomic E-state index is 0.177. The van der Waals surface area contributed by atoms with E-state index in [0.29, 0.717) is 16.8 Å². The number of aromatic nitrogens is 2. The minimum atomic E-state index is -3.29. The topological polar surface area (TPSA) is 109 Å². The maximum absolute atomic E-state index is 11.9. The lowest BCUT2D eigenvalue weighted by Crippen LogP contribution is -2.22. The van der Waals surface area contributed by atoms with Gasteiger partial charge in [0.15, 0.2) is 9.84 Å². The largest absolute Gasteiger partial charge is 0.480 e. The maximum Gasteiger partial charge on any atom is 0.325 e. The van der Waals surface area contributed by atoms with Gasteiger partial charge < -0.3 is 5.11 Å². The molecule has 8 heteroatoms. The Balaban J connectivity index is 2.48. The van der Waals surface area contributed by atoms with Gasteiger partial charge in [0.1, 0.15) is 6.54 Å². The summed E-state index contributed by atoms with van der Waals surface area (Å²) in [5.41, 5.74) is 1.05. The fraction of sp³-hybridized carbons (Fsp3) is 0.231. The summed E-state index contributed by atoms with van der Waals surface area (Å²) in [5, 5.41) is 11.5. The number of carboxylic acid groups (broad SMARTS) is 1. The number of aliphatic carboxylic acids is 1. The van der Waals surface area contributed by atoms with E-state index in [9.17, 15) is 18.0 Å². The Labute approximate surface area is 120 Å². The average Bonchev–Trinajstić information content (AvgIpc) is 2.66. The van der Waals surface area contributed by atoms with Crippen LogP contribution in [0.25, 0.3) is 11.3 Å². The summed E-state index contributed by atoms with van der Waals surface area (Å²) < 4.78 is 23.8. The van der Waals surface area contributed by atoms with Crippen LogP contribution in [0.15, 0.2) is 34.0 Å². The number of carbonyl (C=O) groups is 1. The van der Waals surface area contributed by atoms with Crippen molar-refractivity contribution in [1.29, 1.82) is 0 Å². The zero-order valence-corrected chi connectivity index (χ0v) is 12.3. The van der Waals surface area contributed by atoms with Gasteiger partial charge in [-0.3, -0.25) is 14.7 Å². The molecule has 0 aliphatic rings. The molecule has 1 aromatic heterocycles. The maximum atomic E-state index is 11.9. The summed E-state index contributed by atoms with van der Waals surface area (Å²) in [6.07, 6.45) is 1.11. The van der Waals surface area contributed by atoms with Gasteiger partial charge in [-0.1, -0.05) is 12.1 Å². The molecule has 2 N–H and O–H groups in total. The Bertz CT molecular complexity index is 844. The van der Waals surface area contributed by atoms with Gasteiger partial charge in [-0.15, -0.1) is 0 Å². The molecule has 7 nitrogen and oxygen atoms in total. The number of sulfone groups is 1. The van der Waals surface area contributed by atoms with Crippen LogP contribution in [0, 0.1) is 6.92 Å². The zero-order valence-electron chi connectivity index (χ0n) is 11.5. The van der Waals surface area contributed by atoms with E-state index in [0.717, 1.165) is 10.9 Å². The highest BCUT2D eigenvalue weighted by molar-refractivity contribution is 7.90. The molecule has 1 aromatic carbocycles. The third-order valence-corrected chi connectivity index (χ3v) is 4.18. The molecule has 0 aliphatic carbocycles. The summed E-state index contributed by atoms with van der Waals surface area (Å²) in [6, 6.07) is 6.02. The van der Waals surface area contributed by atoms with Gasteiger partial charge in [-0.2, -0.15) is 0 Å². The van der Waals surface area contributed by atoms with Crippen molar-refractivity contribution in [2.24, 2.45) is 0 Å². The Hall–Kier alpha value is -2.35. The standard InChI is InChI=1S/C13H14N2O5S/c1-8-12(14-15(13(8)18)7-11(16)17)9-3-5-10(6-4-9)21(2,19)20/h3-6,14H,7H2,1-2H3,(H,16,17). The van der Waals surface area contributed by atoms with E-state index in [-0.39, 0.29) is 4.90 Å². The van der Waals surface area contributed by atoms with Crippen molar-refractivity contribution in [2.45, 2.75) is 18.4 Å². The second-order valence-electron chi connectivity index (χ2n) is 4.69. The number of rotatable bonds is 4. The normalized spacial score (nSPS) is 11.5. The Morgan fingerprint density at radius 1 is 1.29 bits per heavy atom. The van der Waals surface area contributed by atoms with Crippen LogP contribution in [-0.4, -0.2) is 35.5 Å². The first-order valence-electron chi connectivity index (χ1n) is 6.02. The van der Waals surface area contributed by atoms with Crippen LogP contribution in [0.2, 0.25) is 0 Å². The van der Waals surface area contributed by atoms with Crippen molar-refractivity contribution in [3.63, 3.8) is 0 Å². The predicted molar refractivity (Wildman–Crippen MR) is 76.0 cm³/mol. The molecule has 2 rings (SSSR count). The van der Waals surface area contributed by atoms with Crippen molar-refractivity contribution in [3.8, 4) is 11.3 Å². The molecule has 0 atom stereocenters. The van der Waals surface area contributed by atoms with Crippen LogP contribution in [0.3, 0.4) is 0 Å². The molecule has 0 fully saturated rings. The number of benzene rings is 1. The van der Waals surface area contributed by atoms with Gasteiger partial charge in [0.25, 0.3) is 5.56 Å². The molecule has 0 saturated carbocycles. The first-order valence-corrected chi connectivity index (χ1v) is 7.91. The van der Waals surface area contributed by atoms with Gasteiger partial charge in [0.2, 0.25) is 0 Å².